The molecule has 0 bridgehead atoms. The monoisotopic (exact) mass is 327 g/mol. The predicted molar refractivity (Wildman–Crippen MR) is 99.5 cm³/mol. The SMILES string of the molecule is CN(C)CC(=O)N1CCC(C2=CC[CH]C(C3=CCCCC3)=C2)CC1. The van der Waals surface area contributed by atoms with Gasteiger partial charge in [0.1, 0.15) is 0 Å². The van der Waals surface area contributed by atoms with Crippen LogP contribution in [0.3, 0.4) is 0 Å². The lowest BCUT2D eigenvalue weighted by Gasteiger charge is -2.34. The molecule has 1 heterocycles. The molecular formula is C21H31N2O. The van der Waals surface area contributed by atoms with E-state index in [9.17, 15) is 4.79 Å². The normalized spacial score (nSPS) is 23.0. The molecule has 131 valence electrons. The van der Waals surface area contributed by atoms with Crippen LogP contribution in [-0.2, 0) is 4.79 Å². The number of hydrogen-bond donors (Lipinski definition) is 0. The van der Waals surface area contributed by atoms with Gasteiger partial charge in [-0.25, -0.2) is 0 Å². The lowest BCUT2D eigenvalue weighted by atomic mass is 9.81. The largest absolute Gasteiger partial charge is 0.342 e. The summed E-state index contributed by atoms with van der Waals surface area (Å²) < 4.78 is 0. The van der Waals surface area contributed by atoms with Crippen molar-refractivity contribution in [3.8, 4) is 0 Å². The molecule has 0 aromatic rings. The van der Waals surface area contributed by atoms with Gasteiger partial charge in [0.15, 0.2) is 0 Å². The van der Waals surface area contributed by atoms with Gasteiger partial charge in [0, 0.05) is 13.1 Å². The zero-order valence-corrected chi connectivity index (χ0v) is 15.3. The molecule has 3 nitrogen and oxygen atoms in total. The zero-order valence-electron chi connectivity index (χ0n) is 15.3. The highest BCUT2D eigenvalue weighted by Crippen LogP contribution is 2.34. The molecule has 2 aliphatic carbocycles. The van der Waals surface area contributed by atoms with Crippen LogP contribution in [0.1, 0.15) is 44.9 Å². The first-order valence-corrected chi connectivity index (χ1v) is 9.50. The predicted octanol–water partition coefficient (Wildman–Crippen LogP) is 3.75. The fourth-order valence-corrected chi connectivity index (χ4v) is 4.06. The van der Waals surface area contributed by atoms with Gasteiger partial charge in [-0.1, -0.05) is 18.2 Å². The first kappa shape index (κ1) is 17.5. The van der Waals surface area contributed by atoms with Crippen LogP contribution >= 0.6 is 0 Å². The van der Waals surface area contributed by atoms with Crippen LogP contribution in [0.25, 0.3) is 0 Å². The minimum Gasteiger partial charge on any atom is -0.342 e. The van der Waals surface area contributed by atoms with Gasteiger partial charge in [0.05, 0.1) is 6.54 Å². The third-order valence-corrected chi connectivity index (χ3v) is 5.45. The molecular weight excluding hydrogens is 296 g/mol. The molecule has 24 heavy (non-hydrogen) atoms. The quantitative estimate of drug-likeness (QED) is 0.785. The third-order valence-electron chi connectivity index (χ3n) is 5.45. The summed E-state index contributed by atoms with van der Waals surface area (Å²) in [7, 11) is 3.92. The fourth-order valence-electron chi connectivity index (χ4n) is 4.06. The van der Waals surface area contributed by atoms with Crippen LogP contribution in [0.2, 0.25) is 0 Å². The van der Waals surface area contributed by atoms with Crippen molar-refractivity contribution in [2.45, 2.75) is 44.9 Å². The van der Waals surface area contributed by atoms with E-state index >= 15 is 0 Å². The molecule has 0 saturated carbocycles. The van der Waals surface area contributed by atoms with E-state index < -0.39 is 0 Å². The van der Waals surface area contributed by atoms with E-state index in [0.29, 0.717) is 12.5 Å². The standard InChI is InChI=1S/C21H31N2O/c1-22(2)16-21(24)23-13-11-18(12-14-23)20-10-6-9-19(15-20)17-7-4-3-5-8-17/h7,9-10,15,18H,3-6,8,11-14,16H2,1-2H3. The smallest absolute Gasteiger partial charge is 0.236 e. The summed E-state index contributed by atoms with van der Waals surface area (Å²) >= 11 is 0. The van der Waals surface area contributed by atoms with Crippen LogP contribution in [0, 0.1) is 12.3 Å². The average Bonchev–Trinajstić information content (AvgIpc) is 2.62. The molecule has 1 radical (unpaired) electrons. The lowest BCUT2D eigenvalue weighted by molar-refractivity contribution is -0.133. The number of amides is 1. The zero-order chi connectivity index (χ0) is 16.9. The summed E-state index contributed by atoms with van der Waals surface area (Å²) in [6, 6.07) is 0. The van der Waals surface area contributed by atoms with Crippen molar-refractivity contribution in [3.63, 3.8) is 0 Å². The lowest BCUT2D eigenvalue weighted by Crippen LogP contribution is -2.42. The Labute approximate surface area is 147 Å². The number of hydrogen-bond acceptors (Lipinski definition) is 2. The number of nitrogens with zero attached hydrogens (tertiary/aromatic N) is 2. The van der Waals surface area contributed by atoms with E-state index in [1.807, 2.05) is 23.9 Å². The average molecular weight is 327 g/mol. The number of carbonyl (C=O) groups excluding carboxylic acids is 1. The number of piperidine rings is 1. The van der Waals surface area contributed by atoms with Crippen molar-refractivity contribution < 1.29 is 4.79 Å². The van der Waals surface area contributed by atoms with Gasteiger partial charge < -0.3 is 9.80 Å². The summed E-state index contributed by atoms with van der Waals surface area (Å²) in [6.07, 6.45) is 18.1. The molecule has 1 fully saturated rings. The first-order chi connectivity index (χ1) is 11.6. The van der Waals surface area contributed by atoms with Gasteiger partial charge in [-0.15, -0.1) is 0 Å². The molecule has 3 rings (SSSR count). The second-order valence-corrected chi connectivity index (χ2v) is 7.61. The number of likely N-dealkylation sites (tertiary alicyclic amines) is 1. The van der Waals surface area contributed by atoms with Crippen LogP contribution in [-0.4, -0.2) is 49.4 Å². The molecule has 0 spiro atoms. The van der Waals surface area contributed by atoms with E-state index in [1.165, 1.54) is 36.8 Å². The maximum Gasteiger partial charge on any atom is 0.236 e. The number of carbonyl (C=O) groups is 1. The van der Waals surface area contributed by atoms with Crippen molar-refractivity contribution in [2.24, 2.45) is 5.92 Å². The van der Waals surface area contributed by atoms with Crippen molar-refractivity contribution >= 4 is 5.91 Å². The Morgan fingerprint density at radius 1 is 1.21 bits per heavy atom. The van der Waals surface area contributed by atoms with E-state index in [2.05, 4.69) is 24.6 Å². The number of rotatable bonds is 4. The van der Waals surface area contributed by atoms with Gasteiger partial charge >= 0.3 is 0 Å². The first-order valence-electron chi connectivity index (χ1n) is 9.50. The Balaban J connectivity index is 1.58. The van der Waals surface area contributed by atoms with Gasteiger partial charge in [0.25, 0.3) is 0 Å². The summed E-state index contributed by atoms with van der Waals surface area (Å²) in [5.41, 5.74) is 4.54. The molecule has 1 amide bonds. The summed E-state index contributed by atoms with van der Waals surface area (Å²) in [5.74, 6) is 0.897. The molecule has 3 heteroatoms. The minimum absolute atomic E-state index is 0.271. The highest BCUT2D eigenvalue weighted by Gasteiger charge is 2.25. The second-order valence-electron chi connectivity index (χ2n) is 7.61. The third kappa shape index (κ3) is 4.38. The van der Waals surface area contributed by atoms with E-state index in [0.717, 1.165) is 32.4 Å². The second kappa shape index (κ2) is 8.15. The minimum atomic E-state index is 0.271. The van der Waals surface area contributed by atoms with Gasteiger partial charge in [-0.3, -0.25) is 4.79 Å². The van der Waals surface area contributed by atoms with Crippen molar-refractivity contribution in [2.75, 3.05) is 33.7 Å². The van der Waals surface area contributed by atoms with Crippen molar-refractivity contribution in [1.82, 2.24) is 9.80 Å². The Morgan fingerprint density at radius 3 is 2.67 bits per heavy atom. The Kier molecular flexibility index (Phi) is 5.94. The Bertz CT molecular complexity index is 548. The highest BCUT2D eigenvalue weighted by atomic mass is 16.2. The highest BCUT2D eigenvalue weighted by molar-refractivity contribution is 5.78. The van der Waals surface area contributed by atoms with Crippen molar-refractivity contribution in [1.29, 1.82) is 0 Å². The summed E-state index contributed by atoms with van der Waals surface area (Å²) in [5, 5.41) is 0. The fraction of sp³-hybridized carbons (Fsp3) is 0.619. The molecule has 1 saturated heterocycles. The van der Waals surface area contributed by atoms with Crippen LogP contribution in [0.4, 0.5) is 0 Å². The summed E-state index contributed by atoms with van der Waals surface area (Å²) in [6.45, 7) is 2.34. The maximum atomic E-state index is 12.2. The Hall–Kier alpha value is -1.35. The van der Waals surface area contributed by atoms with Crippen LogP contribution in [0.15, 0.2) is 34.9 Å². The molecule has 3 aliphatic rings. The molecule has 0 N–H and O–H groups in total. The van der Waals surface area contributed by atoms with Crippen LogP contribution < -0.4 is 0 Å². The Morgan fingerprint density at radius 2 is 2.00 bits per heavy atom. The van der Waals surface area contributed by atoms with E-state index in [-0.39, 0.29) is 5.91 Å². The summed E-state index contributed by atoms with van der Waals surface area (Å²) in [4.78, 5) is 16.2. The van der Waals surface area contributed by atoms with Crippen LogP contribution in [0.5, 0.6) is 0 Å². The molecule has 1 aliphatic heterocycles. The topological polar surface area (TPSA) is 23.6 Å². The molecule has 0 atom stereocenters. The molecule has 0 aromatic carbocycles. The maximum absolute atomic E-state index is 12.2. The van der Waals surface area contributed by atoms with Gasteiger partial charge in [-0.05, 0) is 88.1 Å². The number of allylic oxidation sites excluding steroid dienone is 6. The van der Waals surface area contributed by atoms with Gasteiger partial charge in [0.2, 0.25) is 5.91 Å². The van der Waals surface area contributed by atoms with E-state index in [4.69, 9.17) is 0 Å². The van der Waals surface area contributed by atoms with Gasteiger partial charge in [-0.2, -0.15) is 0 Å². The molecule has 0 aromatic heterocycles. The van der Waals surface area contributed by atoms with Crippen molar-refractivity contribution in [3.05, 3.63) is 41.4 Å². The van der Waals surface area contributed by atoms with E-state index in [1.54, 1.807) is 5.57 Å². The molecule has 0 unspecified atom stereocenters. The number of likely N-dealkylation sites (N-methyl/N-ethyl adjacent to an activating group) is 1.